The van der Waals surface area contributed by atoms with E-state index in [9.17, 15) is 9.59 Å². The van der Waals surface area contributed by atoms with Gasteiger partial charge in [0.05, 0.1) is 12.6 Å². The van der Waals surface area contributed by atoms with Crippen molar-refractivity contribution in [2.24, 2.45) is 0 Å². The average Bonchev–Trinajstić information content (AvgIpc) is 3.30. The van der Waals surface area contributed by atoms with Gasteiger partial charge in [0.2, 0.25) is 0 Å². The number of hydrogen-bond donors (Lipinski definition) is 0. The van der Waals surface area contributed by atoms with Gasteiger partial charge < -0.3 is 9.64 Å². The van der Waals surface area contributed by atoms with Crippen molar-refractivity contribution >= 4 is 29.0 Å². The van der Waals surface area contributed by atoms with Gasteiger partial charge in [0, 0.05) is 14.1 Å². The predicted octanol–water partition coefficient (Wildman–Crippen LogP) is 2.35. The zero-order chi connectivity index (χ0) is 16.0. The normalized spacial score (nSPS) is 14.2. The summed E-state index contributed by atoms with van der Waals surface area (Å²) < 4.78 is 6.11. The van der Waals surface area contributed by atoms with E-state index in [0.717, 1.165) is 18.4 Å². The van der Waals surface area contributed by atoms with Gasteiger partial charge in [0.15, 0.2) is 5.69 Å². The maximum absolute atomic E-state index is 12.4. The Balaban J connectivity index is 2.27. The summed E-state index contributed by atoms with van der Waals surface area (Å²) in [5.41, 5.74) is 2.01. The number of rotatable bonds is 3. The molecule has 0 aliphatic heterocycles. The van der Waals surface area contributed by atoms with Crippen LogP contribution in [-0.4, -0.2) is 47.6 Å². The van der Waals surface area contributed by atoms with Gasteiger partial charge in [-0.15, -0.1) is 0 Å². The number of fused-ring (bicyclic) bond motifs is 1. The van der Waals surface area contributed by atoms with E-state index in [1.165, 1.54) is 16.5 Å². The molecule has 2 aromatic rings. The lowest BCUT2D eigenvalue weighted by atomic mass is 10.1. The minimum absolute atomic E-state index is 0.0184. The largest absolute Gasteiger partial charge is 0.464 e. The van der Waals surface area contributed by atoms with Gasteiger partial charge in [-0.25, -0.2) is 9.31 Å². The van der Waals surface area contributed by atoms with E-state index in [4.69, 9.17) is 11.6 Å². The highest BCUT2D eigenvalue weighted by atomic mass is 35.5. The van der Waals surface area contributed by atoms with E-state index < -0.39 is 5.97 Å². The number of amides is 1. The van der Waals surface area contributed by atoms with Crippen LogP contribution in [0.2, 0.25) is 5.02 Å². The van der Waals surface area contributed by atoms with Crippen LogP contribution >= 0.6 is 11.6 Å². The van der Waals surface area contributed by atoms with Crippen molar-refractivity contribution in [1.29, 1.82) is 0 Å². The molecule has 0 aromatic carbocycles. The van der Waals surface area contributed by atoms with Gasteiger partial charge in [0.1, 0.15) is 10.7 Å². The van der Waals surface area contributed by atoms with Crippen molar-refractivity contribution in [1.82, 2.24) is 14.5 Å². The Labute approximate surface area is 132 Å². The number of pyridine rings is 1. The number of ether oxygens (including phenoxy) is 1. The van der Waals surface area contributed by atoms with Crippen molar-refractivity contribution in [2.45, 2.75) is 18.8 Å². The van der Waals surface area contributed by atoms with E-state index in [2.05, 4.69) is 9.84 Å². The van der Waals surface area contributed by atoms with Crippen molar-refractivity contribution in [3.05, 3.63) is 34.1 Å². The molecule has 0 saturated heterocycles. The number of esters is 1. The first-order valence-electron chi connectivity index (χ1n) is 6.96. The fraction of sp³-hybridized carbons (Fsp3) is 0.400. The summed E-state index contributed by atoms with van der Waals surface area (Å²) in [7, 11) is 4.61. The van der Waals surface area contributed by atoms with Crippen molar-refractivity contribution in [3.63, 3.8) is 0 Å². The molecule has 22 heavy (non-hydrogen) atoms. The van der Waals surface area contributed by atoms with Crippen LogP contribution in [0.15, 0.2) is 12.1 Å². The van der Waals surface area contributed by atoms with E-state index >= 15 is 0 Å². The average molecular weight is 322 g/mol. The third-order valence-corrected chi connectivity index (χ3v) is 4.12. The van der Waals surface area contributed by atoms with Crippen molar-refractivity contribution in [3.8, 4) is 0 Å². The molecule has 1 aliphatic rings. The molecule has 1 aliphatic carbocycles. The van der Waals surface area contributed by atoms with Crippen LogP contribution in [0.1, 0.15) is 45.3 Å². The predicted molar refractivity (Wildman–Crippen MR) is 81.5 cm³/mol. The minimum atomic E-state index is -0.620. The minimum Gasteiger partial charge on any atom is -0.464 e. The van der Waals surface area contributed by atoms with Gasteiger partial charge in [0.25, 0.3) is 5.91 Å². The second kappa shape index (κ2) is 5.28. The van der Waals surface area contributed by atoms with E-state index in [-0.39, 0.29) is 16.6 Å². The molecule has 7 heteroatoms. The smallest absolute Gasteiger partial charge is 0.360 e. The highest BCUT2D eigenvalue weighted by Gasteiger charge is 2.28. The number of carbonyl (C=O) groups is 2. The summed E-state index contributed by atoms with van der Waals surface area (Å²) in [6, 6.07) is 3.73. The number of aromatic nitrogens is 2. The highest BCUT2D eigenvalue weighted by Crippen LogP contribution is 2.41. The summed E-state index contributed by atoms with van der Waals surface area (Å²) in [6.45, 7) is 0. The molecule has 0 unspecified atom stereocenters. The molecule has 0 N–H and O–H groups in total. The molecule has 2 heterocycles. The standard InChI is InChI=1S/C15H16ClN3O3/c1-18(2)14(20)11-7-9(8-4-5-8)6-10-12(16)13(15(21)22-3)17-19(10)11/h6-8H,4-5H2,1-3H3. The zero-order valence-corrected chi connectivity index (χ0v) is 13.3. The van der Waals surface area contributed by atoms with Crippen LogP contribution in [0.4, 0.5) is 0 Å². The Morgan fingerprint density at radius 3 is 2.59 bits per heavy atom. The van der Waals surface area contributed by atoms with Crippen molar-refractivity contribution < 1.29 is 14.3 Å². The third-order valence-electron chi connectivity index (χ3n) is 3.75. The summed E-state index contributed by atoms with van der Waals surface area (Å²) in [4.78, 5) is 25.7. The lowest BCUT2D eigenvalue weighted by molar-refractivity contribution is 0.0593. The fourth-order valence-electron chi connectivity index (χ4n) is 2.40. The maximum Gasteiger partial charge on any atom is 0.360 e. The fourth-order valence-corrected chi connectivity index (χ4v) is 2.65. The summed E-state index contributed by atoms with van der Waals surface area (Å²) in [5, 5.41) is 4.38. The number of methoxy groups -OCH3 is 1. The SMILES string of the molecule is COC(=O)c1nn2c(C(=O)N(C)C)cc(C3CC3)cc2c1Cl. The van der Waals surface area contributed by atoms with Gasteiger partial charge in [-0.2, -0.15) is 5.10 Å². The molecule has 3 rings (SSSR count). The van der Waals surface area contributed by atoms with E-state index in [0.29, 0.717) is 17.1 Å². The number of nitrogens with zero attached hydrogens (tertiary/aromatic N) is 3. The molecule has 0 bridgehead atoms. The second-order valence-corrected chi connectivity index (χ2v) is 5.98. The Morgan fingerprint density at radius 1 is 1.36 bits per heavy atom. The van der Waals surface area contributed by atoms with Crippen LogP contribution < -0.4 is 0 Å². The number of carbonyl (C=O) groups excluding carboxylic acids is 2. The van der Waals surface area contributed by atoms with E-state index in [1.54, 1.807) is 14.1 Å². The highest BCUT2D eigenvalue weighted by molar-refractivity contribution is 6.36. The molecular weight excluding hydrogens is 306 g/mol. The molecule has 6 nitrogen and oxygen atoms in total. The quantitative estimate of drug-likeness (QED) is 0.814. The monoisotopic (exact) mass is 321 g/mol. The Bertz CT molecular complexity index is 778. The second-order valence-electron chi connectivity index (χ2n) is 5.60. The molecule has 1 fully saturated rings. The van der Waals surface area contributed by atoms with Crippen LogP contribution in [0.25, 0.3) is 5.52 Å². The first-order valence-corrected chi connectivity index (χ1v) is 7.34. The van der Waals surface area contributed by atoms with E-state index in [1.807, 2.05) is 12.1 Å². The summed E-state index contributed by atoms with van der Waals surface area (Å²) in [5.74, 6) is -0.362. The molecule has 0 spiro atoms. The van der Waals surface area contributed by atoms with Crippen LogP contribution in [-0.2, 0) is 4.74 Å². The molecule has 2 aromatic heterocycles. The molecule has 0 atom stereocenters. The molecule has 1 saturated carbocycles. The van der Waals surface area contributed by atoms with Crippen LogP contribution in [0.3, 0.4) is 0 Å². The summed E-state index contributed by atoms with van der Waals surface area (Å²) in [6.07, 6.45) is 2.20. The first kappa shape index (κ1) is 14.8. The van der Waals surface area contributed by atoms with Crippen molar-refractivity contribution in [2.75, 3.05) is 21.2 Å². The molecule has 1 amide bonds. The molecular formula is C15H16ClN3O3. The van der Waals surface area contributed by atoms with Gasteiger partial charge >= 0.3 is 5.97 Å². The lowest BCUT2D eigenvalue weighted by Crippen LogP contribution is -2.24. The molecule has 0 radical (unpaired) electrons. The van der Waals surface area contributed by atoms with Gasteiger partial charge in [-0.05, 0) is 36.5 Å². The van der Waals surface area contributed by atoms with Gasteiger partial charge in [-0.1, -0.05) is 11.6 Å². The first-order chi connectivity index (χ1) is 10.4. The zero-order valence-electron chi connectivity index (χ0n) is 12.6. The third kappa shape index (κ3) is 2.33. The summed E-state index contributed by atoms with van der Waals surface area (Å²) >= 11 is 6.28. The Kier molecular flexibility index (Phi) is 3.56. The molecule has 116 valence electrons. The van der Waals surface area contributed by atoms with Crippen LogP contribution in [0, 0.1) is 0 Å². The number of hydrogen-bond acceptors (Lipinski definition) is 4. The van der Waals surface area contributed by atoms with Gasteiger partial charge in [-0.3, -0.25) is 4.79 Å². The van der Waals surface area contributed by atoms with Crippen LogP contribution in [0.5, 0.6) is 0 Å². The Hall–Kier alpha value is -2.08. The topological polar surface area (TPSA) is 63.9 Å². The lowest BCUT2D eigenvalue weighted by Gasteiger charge is -2.13. The Morgan fingerprint density at radius 2 is 2.05 bits per heavy atom. The maximum atomic E-state index is 12.4. The number of halogens is 1.